The lowest BCUT2D eigenvalue weighted by Gasteiger charge is -2.00. The molecule has 0 saturated heterocycles. The molecule has 0 aliphatic carbocycles. The molecule has 66 valence electrons. The number of aromatic nitrogens is 2. The number of methoxy groups -OCH3 is 1. The molecule has 1 aromatic rings. The van der Waals surface area contributed by atoms with Crippen LogP contribution < -0.4 is 0 Å². The van der Waals surface area contributed by atoms with E-state index in [1.807, 2.05) is 0 Å². The molecule has 3 nitrogen and oxygen atoms in total. The Hall–Kier alpha value is -0.450. The molecule has 0 bridgehead atoms. The molecular weight excluding hydrogens is 206 g/mol. The summed E-state index contributed by atoms with van der Waals surface area (Å²) < 4.78 is 17.4. The monoisotopic (exact) mass is 210 g/mol. The van der Waals surface area contributed by atoms with E-state index in [9.17, 15) is 4.39 Å². The average Bonchev–Trinajstić information content (AvgIpc) is 2.01. The summed E-state index contributed by atoms with van der Waals surface area (Å²) in [5.41, 5.74) is 0. The minimum atomic E-state index is -0.807. The van der Waals surface area contributed by atoms with Crippen LogP contribution in [0.4, 0.5) is 4.39 Å². The highest BCUT2D eigenvalue weighted by Crippen LogP contribution is 2.18. The van der Waals surface area contributed by atoms with Crippen LogP contribution in [0.15, 0.2) is 0 Å². The quantitative estimate of drug-likeness (QED) is 0.702. The first kappa shape index (κ1) is 9.64. The van der Waals surface area contributed by atoms with Gasteiger partial charge in [-0.1, -0.05) is 23.2 Å². The summed E-state index contributed by atoms with van der Waals surface area (Å²) in [6.07, 6.45) is 0. The van der Waals surface area contributed by atoms with Gasteiger partial charge in [-0.05, 0) is 0 Å². The van der Waals surface area contributed by atoms with Crippen molar-refractivity contribution in [3.05, 3.63) is 21.9 Å². The third-order valence-electron chi connectivity index (χ3n) is 1.09. The molecule has 0 saturated carbocycles. The summed E-state index contributed by atoms with van der Waals surface area (Å²) in [4.78, 5) is 7.19. The van der Waals surface area contributed by atoms with Crippen molar-refractivity contribution in [2.45, 2.75) is 6.61 Å². The molecule has 0 fully saturated rings. The third-order valence-corrected chi connectivity index (χ3v) is 1.59. The maximum Gasteiger partial charge on any atom is 0.197 e. The van der Waals surface area contributed by atoms with Crippen molar-refractivity contribution in [1.82, 2.24) is 9.97 Å². The Morgan fingerprint density at radius 2 is 1.83 bits per heavy atom. The zero-order valence-electron chi connectivity index (χ0n) is 6.14. The van der Waals surface area contributed by atoms with Gasteiger partial charge in [0.2, 0.25) is 0 Å². The first-order valence-electron chi connectivity index (χ1n) is 3.01. The SMILES string of the molecule is COCc1nc(Cl)c(F)c(Cl)n1. The van der Waals surface area contributed by atoms with Gasteiger partial charge < -0.3 is 4.74 Å². The van der Waals surface area contributed by atoms with Crippen LogP contribution in [0.3, 0.4) is 0 Å². The van der Waals surface area contributed by atoms with E-state index in [-0.39, 0.29) is 22.7 Å². The van der Waals surface area contributed by atoms with Crippen molar-refractivity contribution in [2.75, 3.05) is 7.11 Å². The van der Waals surface area contributed by atoms with E-state index in [1.54, 1.807) is 0 Å². The second kappa shape index (κ2) is 3.98. The van der Waals surface area contributed by atoms with Gasteiger partial charge in [-0.15, -0.1) is 0 Å². The summed E-state index contributed by atoms with van der Waals surface area (Å²) in [5.74, 6) is -0.549. The highest BCUT2D eigenvalue weighted by molar-refractivity contribution is 6.33. The van der Waals surface area contributed by atoms with Crippen molar-refractivity contribution in [3.63, 3.8) is 0 Å². The molecule has 0 N–H and O–H groups in total. The van der Waals surface area contributed by atoms with Crippen LogP contribution in [-0.4, -0.2) is 17.1 Å². The van der Waals surface area contributed by atoms with Crippen LogP contribution in [0.25, 0.3) is 0 Å². The van der Waals surface area contributed by atoms with Gasteiger partial charge in [-0.25, -0.2) is 14.4 Å². The van der Waals surface area contributed by atoms with E-state index in [4.69, 9.17) is 27.9 Å². The first-order chi connectivity index (χ1) is 5.65. The van der Waals surface area contributed by atoms with E-state index in [1.165, 1.54) is 7.11 Å². The maximum atomic E-state index is 12.7. The summed E-state index contributed by atoms with van der Waals surface area (Å²) in [5, 5.41) is -0.580. The average molecular weight is 211 g/mol. The van der Waals surface area contributed by atoms with Crippen LogP contribution in [0.2, 0.25) is 10.3 Å². The Bertz CT molecular complexity index is 272. The molecule has 0 atom stereocenters. The Morgan fingerprint density at radius 1 is 1.33 bits per heavy atom. The molecule has 0 radical (unpaired) electrons. The Labute approximate surface area is 78.5 Å². The van der Waals surface area contributed by atoms with E-state index in [0.717, 1.165) is 0 Å². The molecule has 1 heterocycles. The predicted octanol–water partition coefficient (Wildman–Crippen LogP) is 2.07. The van der Waals surface area contributed by atoms with Gasteiger partial charge >= 0.3 is 0 Å². The van der Waals surface area contributed by atoms with Gasteiger partial charge in [0.1, 0.15) is 6.61 Å². The Morgan fingerprint density at radius 3 is 2.25 bits per heavy atom. The molecule has 0 spiro atoms. The fourth-order valence-corrected chi connectivity index (χ4v) is 1.05. The molecule has 0 aliphatic heterocycles. The molecule has 0 aromatic carbocycles. The molecule has 6 heteroatoms. The number of nitrogens with zero attached hydrogens (tertiary/aromatic N) is 2. The number of halogens is 3. The Kier molecular flexibility index (Phi) is 3.20. The normalized spacial score (nSPS) is 10.3. The lowest BCUT2D eigenvalue weighted by Crippen LogP contribution is -1.99. The molecule has 0 aliphatic rings. The van der Waals surface area contributed by atoms with E-state index >= 15 is 0 Å². The zero-order chi connectivity index (χ0) is 9.14. The molecular formula is C6H5Cl2FN2O. The standard InChI is InChI=1S/C6H5Cl2FN2O/c1-12-2-3-10-5(7)4(9)6(8)11-3/h2H2,1H3. The van der Waals surface area contributed by atoms with Crippen molar-refractivity contribution in [3.8, 4) is 0 Å². The third kappa shape index (κ3) is 2.03. The van der Waals surface area contributed by atoms with E-state index in [0.29, 0.717) is 0 Å². The van der Waals surface area contributed by atoms with E-state index < -0.39 is 5.82 Å². The highest BCUT2D eigenvalue weighted by atomic mass is 35.5. The lowest BCUT2D eigenvalue weighted by atomic mass is 10.5. The fourth-order valence-electron chi connectivity index (χ4n) is 0.629. The number of rotatable bonds is 2. The maximum absolute atomic E-state index is 12.7. The molecule has 1 aromatic heterocycles. The fraction of sp³-hybridized carbons (Fsp3) is 0.333. The first-order valence-corrected chi connectivity index (χ1v) is 3.77. The van der Waals surface area contributed by atoms with Crippen LogP contribution in [0.1, 0.15) is 5.82 Å². The second-order valence-corrected chi connectivity index (χ2v) is 2.68. The summed E-state index contributed by atoms with van der Waals surface area (Å²) in [6.45, 7) is 0.152. The smallest absolute Gasteiger partial charge is 0.197 e. The number of hydrogen-bond donors (Lipinski definition) is 0. The zero-order valence-corrected chi connectivity index (χ0v) is 7.66. The highest BCUT2D eigenvalue weighted by Gasteiger charge is 2.10. The lowest BCUT2D eigenvalue weighted by molar-refractivity contribution is 0.177. The summed E-state index contributed by atoms with van der Waals surface area (Å²) in [6, 6.07) is 0. The Balaban J connectivity index is 3.04. The second-order valence-electron chi connectivity index (χ2n) is 1.97. The summed E-state index contributed by atoms with van der Waals surface area (Å²) in [7, 11) is 1.47. The predicted molar refractivity (Wildman–Crippen MR) is 42.7 cm³/mol. The van der Waals surface area contributed by atoms with Crippen LogP contribution >= 0.6 is 23.2 Å². The largest absolute Gasteiger partial charge is 0.377 e. The van der Waals surface area contributed by atoms with Gasteiger partial charge in [-0.3, -0.25) is 0 Å². The molecule has 1 rings (SSSR count). The van der Waals surface area contributed by atoms with Crippen molar-refractivity contribution in [2.24, 2.45) is 0 Å². The topological polar surface area (TPSA) is 35.0 Å². The minimum absolute atomic E-state index is 0.152. The summed E-state index contributed by atoms with van der Waals surface area (Å²) >= 11 is 10.8. The van der Waals surface area contributed by atoms with Crippen LogP contribution in [-0.2, 0) is 11.3 Å². The molecule has 0 amide bonds. The van der Waals surface area contributed by atoms with Crippen LogP contribution in [0.5, 0.6) is 0 Å². The van der Waals surface area contributed by atoms with Crippen molar-refractivity contribution in [1.29, 1.82) is 0 Å². The number of ether oxygens (including phenoxy) is 1. The van der Waals surface area contributed by atoms with Gasteiger partial charge in [-0.2, -0.15) is 0 Å². The van der Waals surface area contributed by atoms with Gasteiger partial charge in [0.25, 0.3) is 0 Å². The molecule has 0 unspecified atom stereocenters. The van der Waals surface area contributed by atoms with Gasteiger partial charge in [0, 0.05) is 7.11 Å². The number of hydrogen-bond acceptors (Lipinski definition) is 3. The van der Waals surface area contributed by atoms with Gasteiger partial charge in [0.15, 0.2) is 21.9 Å². The van der Waals surface area contributed by atoms with Crippen LogP contribution in [0, 0.1) is 5.82 Å². The van der Waals surface area contributed by atoms with E-state index in [2.05, 4.69) is 9.97 Å². The molecule has 12 heavy (non-hydrogen) atoms. The van der Waals surface area contributed by atoms with Gasteiger partial charge in [0.05, 0.1) is 0 Å². The van der Waals surface area contributed by atoms with Crippen molar-refractivity contribution >= 4 is 23.2 Å². The van der Waals surface area contributed by atoms with Crippen molar-refractivity contribution < 1.29 is 9.13 Å². The minimum Gasteiger partial charge on any atom is -0.377 e.